The molecule has 188 valence electrons. The van der Waals surface area contributed by atoms with E-state index in [1.165, 1.54) is 60.7 Å². The van der Waals surface area contributed by atoms with E-state index in [-0.39, 0.29) is 28.6 Å². The molecule has 3 amide bonds. The summed E-state index contributed by atoms with van der Waals surface area (Å²) in [7, 11) is 0. The van der Waals surface area contributed by atoms with E-state index in [1.807, 2.05) is 6.92 Å². The number of esters is 1. The van der Waals surface area contributed by atoms with Gasteiger partial charge in [-0.3, -0.25) is 14.4 Å². The van der Waals surface area contributed by atoms with Gasteiger partial charge in [0.25, 0.3) is 17.7 Å². The van der Waals surface area contributed by atoms with Gasteiger partial charge in [0.05, 0.1) is 17.9 Å². The number of carbonyl (C=O) groups excluding carboxylic acids is 4. The van der Waals surface area contributed by atoms with Crippen LogP contribution in [0.25, 0.3) is 0 Å². The number of hydrogen-bond acceptors (Lipinski definition) is 6. The van der Waals surface area contributed by atoms with Crippen molar-refractivity contribution in [2.75, 3.05) is 22.1 Å². The molecule has 4 rings (SSSR count). The number of imide groups is 1. The van der Waals surface area contributed by atoms with E-state index in [0.29, 0.717) is 23.4 Å². The first kappa shape index (κ1) is 25.6. The van der Waals surface area contributed by atoms with Crippen molar-refractivity contribution in [2.24, 2.45) is 0 Å². The monoisotopic (exact) mass is 521 g/mol. The van der Waals surface area contributed by atoms with Gasteiger partial charge >= 0.3 is 5.97 Å². The molecule has 0 aliphatic carbocycles. The van der Waals surface area contributed by atoms with Crippen LogP contribution in [0, 0.1) is 5.82 Å². The van der Waals surface area contributed by atoms with Gasteiger partial charge in [-0.25, -0.2) is 14.1 Å². The van der Waals surface area contributed by atoms with Gasteiger partial charge in [-0.1, -0.05) is 30.7 Å². The fourth-order valence-corrected chi connectivity index (χ4v) is 3.74. The summed E-state index contributed by atoms with van der Waals surface area (Å²) >= 11 is 6.21. The minimum absolute atomic E-state index is 0.0555. The molecule has 10 heteroatoms. The number of anilines is 3. The molecule has 37 heavy (non-hydrogen) atoms. The number of amides is 3. The van der Waals surface area contributed by atoms with E-state index in [4.69, 9.17) is 16.3 Å². The Morgan fingerprint density at radius 2 is 1.57 bits per heavy atom. The van der Waals surface area contributed by atoms with Gasteiger partial charge < -0.3 is 15.4 Å². The molecule has 1 heterocycles. The average Bonchev–Trinajstić information content (AvgIpc) is 3.11. The fraction of sp³-hybridized carbons (Fsp3) is 0.111. The minimum atomic E-state index is -0.791. The number of halogens is 2. The summed E-state index contributed by atoms with van der Waals surface area (Å²) in [5, 5.41) is 5.12. The highest BCUT2D eigenvalue weighted by Gasteiger charge is 2.40. The maximum absolute atomic E-state index is 13.2. The predicted octanol–water partition coefficient (Wildman–Crippen LogP) is 5.08. The van der Waals surface area contributed by atoms with Crippen molar-refractivity contribution in [1.29, 1.82) is 0 Å². The zero-order chi connectivity index (χ0) is 26.5. The maximum atomic E-state index is 13.2. The lowest BCUT2D eigenvalue weighted by molar-refractivity contribution is -0.120. The number of carbonyl (C=O) groups is 4. The summed E-state index contributed by atoms with van der Waals surface area (Å²) in [6.07, 6.45) is 0.615. The smallest absolute Gasteiger partial charge is 0.340 e. The lowest BCUT2D eigenvalue weighted by Crippen LogP contribution is -2.33. The van der Waals surface area contributed by atoms with E-state index in [2.05, 4.69) is 10.6 Å². The summed E-state index contributed by atoms with van der Waals surface area (Å²) in [5.74, 6) is -3.03. The Labute approximate surface area is 216 Å². The van der Waals surface area contributed by atoms with Crippen LogP contribution in [0.15, 0.2) is 83.5 Å². The molecule has 1 aliphatic heterocycles. The maximum Gasteiger partial charge on any atom is 0.340 e. The molecule has 0 bridgehead atoms. The highest BCUT2D eigenvalue weighted by molar-refractivity contribution is 6.53. The SMILES string of the molecule is CCCOC(=O)c1ccccc1N1C(=O)C(Cl)=C(Nc2ccc(C(=O)Nc3ccc(F)cc3)cc2)C1=O. The van der Waals surface area contributed by atoms with Crippen LogP contribution >= 0.6 is 11.6 Å². The third-order valence-electron chi connectivity index (χ3n) is 5.35. The Morgan fingerprint density at radius 3 is 2.24 bits per heavy atom. The Kier molecular flexibility index (Phi) is 7.64. The molecule has 8 nitrogen and oxygen atoms in total. The molecular weight excluding hydrogens is 501 g/mol. The van der Waals surface area contributed by atoms with E-state index >= 15 is 0 Å². The van der Waals surface area contributed by atoms with Crippen molar-refractivity contribution in [3.05, 3.63) is 100 Å². The lowest BCUT2D eigenvalue weighted by Gasteiger charge is -2.18. The van der Waals surface area contributed by atoms with Crippen molar-refractivity contribution < 1.29 is 28.3 Å². The molecule has 0 atom stereocenters. The van der Waals surface area contributed by atoms with Crippen molar-refractivity contribution >= 4 is 52.4 Å². The molecule has 0 fully saturated rings. The average molecular weight is 522 g/mol. The van der Waals surface area contributed by atoms with Crippen LogP contribution in [-0.2, 0) is 14.3 Å². The number of rotatable bonds is 8. The summed E-state index contributed by atoms with van der Waals surface area (Å²) in [6.45, 7) is 2.04. The summed E-state index contributed by atoms with van der Waals surface area (Å²) in [6, 6.07) is 17.5. The number of hydrogen-bond donors (Lipinski definition) is 2. The normalized spacial score (nSPS) is 13.1. The third-order valence-corrected chi connectivity index (χ3v) is 5.70. The molecule has 0 saturated heterocycles. The number of nitrogens with zero attached hydrogens (tertiary/aromatic N) is 1. The van der Waals surface area contributed by atoms with E-state index < -0.39 is 29.5 Å². The highest BCUT2D eigenvalue weighted by atomic mass is 35.5. The minimum Gasteiger partial charge on any atom is -0.462 e. The van der Waals surface area contributed by atoms with Gasteiger partial charge in [0.2, 0.25) is 0 Å². The van der Waals surface area contributed by atoms with Crippen molar-refractivity contribution in [1.82, 2.24) is 0 Å². The number of nitrogens with one attached hydrogen (secondary N) is 2. The lowest BCUT2D eigenvalue weighted by atomic mass is 10.1. The van der Waals surface area contributed by atoms with Gasteiger partial charge in [0.1, 0.15) is 16.5 Å². The van der Waals surface area contributed by atoms with Crippen LogP contribution in [0.2, 0.25) is 0 Å². The molecule has 3 aromatic rings. The molecule has 0 radical (unpaired) electrons. The van der Waals surface area contributed by atoms with Gasteiger partial charge in [-0.15, -0.1) is 0 Å². The molecule has 3 aromatic carbocycles. The van der Waals surface area contributed by atoms with Crippen molar-refractivity contribution in [2.45, 2.75) is 13.3 Å². The third kappa shape index (κ3) is 5.52. The Hall–Kier alpha value is -4.50. The van der Waals surface area contributed by atoms with Gasteiger partial charge in [-0.2, -0.15) is 0 Å². The van der Waals surface area contributed by atoms with E-state index in [9.17, 15) is 23.6 Å². The number of benzene rings is 3. The Balaban J connectivity index is 1.50. The topological polar surface area (TPSA) is 105 Å². The second kappa shape index (κ2) is 11.0. The quantitative estimate of drug-likeness (QED) is 0.316. The largest absolute Gasteiger partial charge is 0.462 e. The molecule has 1 aliphatic rings. The second-order valence-corrected chi connectivity index (χ2v) is 8.33. The fourth-order valence-electron chi connectivity index (χ4n) is 3.53. The van der Waals surface area contributed by atoms with Crippen molar-refractivity contribution in [3.63, 3.8) is 0 Å². The summed E-state index contributed by atoms with van der Waals surface area (Å²) < 4.78 is 18.2. The Bertz CT molecular complexity index is 1400. The van der Waals surface area contributed by atoms with Crippen LogP contribution < -0.4 is 15.5 Å². The van der Waals surface area contributed by atoms with Crippen LogP contribution in [-0.4, -0.2) is 30.3 Å². The zero-order valence-electron chi connectivity index (χ0n) is 19.6. The van der Waals surface area contributed by atoms with Gasteiger partial charge in [-0.05, 0) is 67.1 Å². The van der Waals surface area contributed by atoms with E-state index in [1.54, 1.807) is 12.1 Å². The number of para-hydroxylation sites is 1. The zero-order valence-corrected chi connectivity index (χ0v) is 20.3. The van der Waals surface area contributed by atoms with Crippen LogP contribution in [0.1, 0.15) is 34.1 Å². The first-order valence-corrected chi connectivity index (χ1v) is 11.7. The standard InChI is InChI=1S/C27H21ClFN3O5/c1-2-15-37-27(36)20-5-3-4-6-21(20)32-25(34)22(28)23(26(32)35)30-18-11-7-16(8-12-18)24(33)31-19-13-9-17(29)10-14-19/h3-14,30H,2,15H2,1H3,(H,31,33). The molecule has 0 saturated carbocycles. The molecular formula is C27H21ClFN3O5. The van der Waals surface area contributed by atoms with Gasteiger partial charge in [0.15, 0.2) is 0 Å². The first-order valence-electron chi connectivity index (χ1n) is 11.3. The second-order valence-electron chi connectivity index (χ2n) is 7.95. The van der Waals surface area contributed by atoms with Crippen LogP contribution in [0.4, 0.5) is 21.5 Å². The van der Waals surface area contributed by atoms with Crippen molar-refractivity contribution in [3.8, 4) is 0 Å². The predicted molar refractivity (Wildman–Crippen MR) is 137 cm³/mol. The van der Waals surface area contributed by atoms with Crippen LogP contribution in [0.5, 0.6) is 0 Å². The molecule has 2 N–H and O–H groups in total. The highest BCUT2D eigenvalue weighted by Crippen LogP contribution is 2.32. The van der Waals surface area contributed by atoms with Gasteiger partial charge in [0, 0.05) is 16.9 Å². The molecule has 0 spiro atoms. The number of ether oxygens (including phenoxy) is 1. The Morgan fingerprint density at radius 1 is 0.919 bits per heavy atom. The molecule has 0 unspecified atom stereocenters. The summed E-state index contributed by atoms with van der Waals surface area (Å²) in [4.78, 5) is 51.8. The van der Waals surface area contributed by atoms with E-state index in [0.717, 1.165) is 4.90 Å². The van der Waals surface area contributed by atoms with Crippen LogP contribution in [0.3, 0.4) is 0 Å². The molecule has 0 aromatic heterocycles. The summed E-state index contributed by atoms with van der Waals surface area (Å²) in [5.41, 5.74) is 1.07. The first-order chi connectivity index (χ1) is 17.8.